The lowest BCUT2D eigenvalue weighted by molar-refractivity contribution is 0.189. The van der Waals surface area contributed by atoms with E-state index in [1.165, 1.54) is 0 Å². The summed E-state index contributed by atoms with van der Waals surface area (Å²) >= 11 is 0. The smallest absolute Gasteiger partial charge is 0.226 e. The van der Waals surface area contributed by atoms with Gasteiger partial charge in [-0.05, 0) is 25.7 Å². The lowest BCUT2D eigenvalue weighted by atomic mass is 9.93. The molecular weight excluding hydrogens is 318 g/mol. The largest absolute Gasteiger partial charge is 0.356 e. The van der Waals surface area contributed by atoms with E-state index in [1.807, 2.05) is 32.7 Å². The molecule has 0 radical (unpaired) electrons. The first-order valence-corrected chi connectivity index (χ1v) is 8.89. The van der Waals surface area contributed by atoms with Gasteiger partial charge in [-0.3, -0.25) is 4.99 Å². The second-order valence-corrected chi connectivity index (χ2v) is 6.60. The summed E-state index contributed by atoms with van der Waals surface area (Å²) in [5.41, 5.74) is 0. The van der Waals surface area contributed by atoms with Gasteiger partial charge in [0, 0.05) is 45.5 Å². The van der Waals surface area contributed by atoms with Crippen LogP contribution < -0.4 is 5.32 Å². The van der Waals surface area contributed by atoms with Gasteiger partial charge >= 0.3 is 0 Å². The zero-order chi connectivity index (χ0) is 17.6. The van der Waals surface area contributed by atoms with Crippen molar-refractivity contribution >= 4 is 5.96 Å². The van der Waals surface area contributed by atoms with E-state index in [1.54, 1.807) is 0 Å². The van der Waals surface area contributed by atoms with Gasteiger partial charge in [-0.2, -0.15) is 4.98 Å². The van der Waals surface area contributed by atoms with E-state index in [9.17, 15) is 0 Å². The van der Waals surface area contributed by atoms with Gasteiger partial charge < -0.3 is 19.3 Å². The molecule has 0 saturated carbocycles. The Balaban J connectivity index is 1.50. The minimum Gasteiger partial charge on any atom is -0.356 e. The van der Waals surface area contributed by atoms with Gasteiger partial charge in [0.1, 0.15) is 0 Å². The zero-order valence-electron chi connectivity index (χ0n) is 15.2. The van der Waals surface area contributed by atoms with Crippen molar-refractivity contribution in [2.45, 2.75) is 39.2 Å². The first kappa shape index (κ1) is 17.4. The Bertz CT molecular complexity index is 679. The summed E-state index contributed by atoms with van der Waals surface area (Å²) in [6, 6.07) is 0.427. The normalized spacial score (nSPS) is 21.6. The molecule has 3 heterocycles. The van der Waals surface area contributed by atoms with Crippen LogP contribution in [0.5, 0.6) is 0 Å². The van der Waals surface area contributed by atoms with E-state index < -0.39 is 0 Å². The second-order valence-electron chi connectivity index (χ2n) is 6.60. The third kappa shape index (κ3) is 4.37. The number of guanidine groups is 1. The van der Waals surface area contributed by atoms with Gasteiger partial charge in [0.25, 0.3) is 0 Å². The van der Waals surface area contributed by atoms with Crippen molar-refractivity contribution in [3.63, 3.8) is 0 Å². The van der Waals surface area contributed by atoms with Gasteiger partial charge in [-0.1, -0.05) is 12.1 Å². The molecule has 0 aliphatic carbocycles. The molecule has 3 rings (SSSR count). The van der Waals surface area contributed by atoms with Crippen LogP contribution in [0.1, 0.15) is 37.5 Å². The minimum atomic E-state index is 0.427. The van der Waals surface area contributed by atoms with Crippen molar-refractivity contribution in [2.75, 3.05) is 26.7 Å². The minimum absolute atomic E-state index is 0.427. The van der Waals surface area contributed by atoms with Gasteiger partial charge in [0.15, 0.2) is 11.8 Å². The van der Waals surface area contributed by atoms with Crippen LogP contribution in [0.4, 0.5) is 0 Å². The van der Waals surface area contributed by atoms with E-state index in [4.69, 9.17) is 4.52 Å². The van der Waals surface area contributed by atoms with Crippen molar-refractivity contribution in [3.8, 4) is 0 Å². The van der Waals surface area contributed by atoms with Crippen molar-refractivity contribution in [1.82, 2.24) is 29.9 Å². The van der Waals surface area contributed by atoms with Crippen LogP contribution in [0, 0.1) is 12.8 Å². The van der Waals surface area contributed by atoms with Crippen LogP contribution in [0.15, 0.2) is 28.2 Å². The number of hydrogen-bond donors (Lipinski definition) is 1. The van der Waals surface area contributed by atoms with Crippen LogP contribution in [0.2, 0.25) is 0 Å². The van der Waals surface area contributed by atoms with E-state index in [2.05, 4.69) is 41.8 Å². The van der Waals surface area contributed by atoms with Crippen LogP contribution in [0.3, 0.4) is 0 Å². The molecule has 2 aromatic rings. The van der Waals surface area contributed by atoms with Gasteiger partial charge in [0.2, 0.25) is 5.89 Å². The molecule has 8 heteroatoms. The highest BCUT2D eigenvalue weighted by atomic mass is 16.5. The van der Waals surface area contributed by atoms with E-state index in [0.29, 0.717) is 23.7 Å². The number of aliphatic imine (C=N–C) groups is 1. The standard InChI is InChI=1S/C17H27N7O/c1-13-6-9-23(11-15(13)24-10-8-19-12-24)17(18-3)20-7-4-5-16-21-14(2)22-25-16/h8,10,12-13,15H,4-7,9,11H2,1-3H3,(H,18,20). The maximum absolute atomic E-state index is 5.14. The lowest BCUT2D eigenvalue weighted by Crippen LogP contribution is -2.49. The fraction of sp³-hybridized carbons (Fsp3) is 0.647. The molecule has 1 aliphatic heterocycles. The molecule has 2 atom stereocenters. The molecule has 136 valence electrons. The molecule has 1 fully saturated rings. The monoisotopic (exact) mass is 345 g/mol. The fourth-order valence-corrected chi connectivity index (χ4v) is 3.31. The summed E-state index contributed by atoms with van der Waals surface area (Å²) in [6.07, 6.45) is 8.65. The van der Waals surface area contributed by atoms with Crippen LogP contribution >= 0.6 is 0 Å². The predicted octanol–water partition coefficient (Wildman–Crippen LogP) is 1.67. The summed E-state index contributed by atoms with van der Waals surface area (Å²) in [4.78, 5) is 15.2. The number of imidazole rings is 1. The topological polar surface area (TPSA) is 84.4 Å². The second kappa shape index (κ2) is 8.13. The molecule has 2 aromatic heterocycles. The van der Waals surface area contributed by atoms with Gasteiger partial charge in [-0.15, -0.1) is 0 Å². The molecule has 1 saturated heterocycles. The highest BCUT2D eigenvalue weighted by Gasteiger charge is 2.28. The number of piperidine rings is 1. The lowest BCUT2D eigenvalue weighted by Gasteiger charge is -2.39. The number of aryl methyl sites for hydroxylation is 2. The summed E-state index contributed by atoms with van der Waals surface area (Å²) in [6.45, 7) is 6.94. The predicted molar refractivity (Wildman–Crippen MR) is 95.3 cm³/mol. The fourth-order valence-electron chi connectivity index (χ4n) is 3.31. The summed E-state index contributed by atoms with van der Waals surface area (Å²) in [7, 11) is 1.84. The zero-order valence-corrected chi connectivity index (χ0v) is 15.2. The SMILES string of the molecule is CN=C(NCCCc1nc(C)no1)N1CCC(C)C(n2ccnc2)C1. The summed E-state index contributed by atoms with van der Waals surface area (Å²) in [5.74, 6) is 2.97. The molecule has 0 bridgehead atoms. The Morgan fingerprint density at radius 2 is 2.36 bits per heavy atom. The number of aromatic nitrogens is 4. The van der Waals surface area contributed by atoms with E-state index in [0.717, 1.165) is 44.9 Å². The van der Waals surface area contributed by atoms with Crippen LogP contribution in [-0.2, 0) is 6.42 Å². The molecular formula is C17H27N7O. The molecule has 0 aromatic carbocycles. The van der Waals surface area contributed by atoms with E-state index >= 15 is 0 Å². The first-order chi connectivity index (χ1) is 12.2. The van der Waals surface area contributed by atoms with Crippen molar-refractivity contribution in [3.05, 3.63) is 30.4 Å². The maximum atomic E-state index is 5.14. The average Bonchev–Trinajstić information content (AvgIpc) is 3.28. The van der Waals surface area contributed by atoms with Crippen molar-refractivity contribution in [2.24, 2.45) is 10.9 Å². The third-order valence-electron chi connectivity index (χ3n) is 4.76. The molecule has 0 amide bonds. The molecule has 8 nitrogen and oxygen atoms in total. The first-order valence-electron chi connectivity index (χ1n) is 8.89. The Labute approximate surface area is 148 Å². The number of hydrogen-bond acceptors (Lipinski definition) is 5. The Morgan fingerprint density at radius 1 is 1.48 bits per heavy atom. The number of nitrogens with one attached hydrogen (secondary N) is 1. The Morgan fingerprint density at radius 3 is 3.04 bits per heavy atom. The summed E-state index contributed by atoms with van der Waals surface area (Å²) < 4.78 is 7.35. The highest BCUT2D eigenvalue weighted by molar-refractivity contribution is 5.80. The molecule has 2 unspecified atom stereocenters. The molecule has 1 aliphatic rings. The third-order valence-corrected chi connectivity index (χ3v) is 4.76. The summed E-state index contributed by atoms with van der Waals surface area (Å²) in [5, 5.41) is 7.27. The quantitative estimate of drug-likeness (QED) is 0.504. The maximum Gasteiger partial charge on any atom is 0.226 e. The highest BCUT2D eigenvalue weighted by Crippen LogP contribution is 2.27. The van der Waals surface area contributed by atoms with Crippen molar-refractivity contribution in [1.29, 1.82) is 0 Å². The van der Waals surface area contributed by atoms with Crippen LogP contribution in [-0.4, -0.2) is 57.2 Å². The van der Waals surface area contributed by atoms with Gasteiger partial charge in [0.05, 0.1) is 12.4 Å². The number of rotatable bonds is 5. The van der Waals surface area contributed by atoms with Crippen LogP contribution in [0.25, 0.3) is 0 Å². The van der Waals surface area contributed by atoms with E-state index in [-0.39, 0.29) is 0 Å². The number of nitrogens with zero attached hydrogens (tertiary/aromatic N) is 6. The molecule has 25 heavy (non-hydrogen) atoms. The average molecular weight is 345 g/mol. The Kier molecular flexibility index (Phi) is 5.67. The Hall–Kier alpha value is -2.38. The molecule has 0 spiro atoms. The molecule has 1 N–H and O–H groups in total. The van der Waals surface area contributed by atoms with Gasteiger partial charge in [-0.25, -0.2) is 4.98 Å². The number of likely N-dealkylation sites (tertiary alicyclic amines) is 1. The van der Waals surface area contributed by atoms with Crippen molar-refractivity contribution < 1.29 is 4.52 Å².